The van der Waals surface area contributed by atoms with Crippen molar-refractivity contribution in [1.29, 1.82) is 0 Å². The van der Waals surface area contributed by atoms with Gasteiger partial charge in [-0.15, -0.1) is 0 Å². The lowest BCUT2D eigenvalue weighted by Gasteiger charge is -2.27. The summed E-state index contributed by atoms with van der Waals surface area (Å²) in [5.74, 6) is -0.459. The molecule has 0 heterocycles. The number of aromatic hydroxyl groups is 1. The Labute approximate surface area is 136 Å². The van der Waals surface area contributed by atoms with Gasteiger partial charge in [0.05, 0.1) is 17.7 Å². The maximum absolute atomic E-state index is 12.0. The van der Waals surface area contributed by atoms with Gasteiger partial charge >= 0.3 is 0 Å². The molecule has 2 rings (SSSR count). The standard InChI is InChI=1S/C17H23N3O3/c1-5-10(2)18-13-9-14(21)15(13)19-12-8-6-7-11(16(12)22)17(23)20(3)4/h6-8,10,18-19,22H,5,9H2,1-4H3. The van der Waals surface area contributed by atoms with E-state index in [1.54, 1.807) is 32.3 Å². The van der Waals surface area contributed by atoms with Crippen LogP contribution in [-0.4, -0.2) is 41.8 Å². The van der Waals surface area contributed by atoms with Gasteiger partial charge in [-0.05, 0) is 25.5 Å². The fraction of sp³-hybridized carbons (Fsp3) is 0.412. The summed E-state index contributed by atoms with van der Waals surface area (Å²) in [5.41, 5.74) is 1.84. The van der Waals surface area contributed by atoms with Crippen LogP contribution in [0.5, 0.6) is 5.75 Å². The Morgan fingerprint density at radius 1 is 1.39 bits per heavy atom. The van der Waals surface area contributed by atoms with Gasteiger partial charge < -0.3 is 20.6 Å². The molecule has 1 aliphatic carbocycles. The summed E-state index contributed by atoms with van der Waals surface area (Å²) in [5, 5.41) is 16.6. The molecule has 0 saturated heterocycles. The van der Waals surface area contributed by atoms with E-state index in [9.17, 15) is 14.7 Å². The molecule has 1 aromatic carbocycles. The highest BCUT2D eigenvalue weighted by atomic mass is 16.3. The fourth-order valence-electron chi connectivity index (χ4n) is 2.26. The van der Waals surface area contributed by atoms with Crippen molar-refractivity contribution in [3.63, 3.8) is 0 Å². The molecule has 6 heteroatoms. The van der Waals surface area contributed by atoms with Crippen molar-refractivity contribution in [1.82, 2.24) is 10.2 Å². The van der Waals surface area contributed by atoms with Crippen LogP contribution in [0, 0.1) is 0 Å². The van der Waals surface area contributed by atoms with Crippen LogP contribution in [0.3, 0.4) is 0 Å². The van der Waals surface area contributed by atoms with Gasteiger partial charge in [0.1, 0.15) is 5.70 Å². The van der Waals surface area contributed by atoms with Crippen molar-refractivity contribution >= 4 is 17.4 Å². The van der Waals surface area contributed by atoms with Gasteiger partial charge in [-0.2, -0.15) is 0 Å². The molecule has 1 unspecified atom stereocenters. The zero-order chi connectivity index (χ0) is 17.1. The number of nitrogens with one attached hydrogen (secondary N) is 2. The zero-order valence-corrected chi connectivity index (χ0v) is 13.9. The highest BCUT2D eigenvalue weighted by molar-refractivity contribution is 6.07. The summed E-state index contributed by atoms with van der Waals surface area (Å²) in [6, 6.07) is 5.13. The van der Waals surface area contributed by atoms with Crippen LogP contribution in [0.1, 0.15) is 37.0 Å². The summed E-state index contributed by atoms with van der Waals surface area (Å²) >= 11 is 0. The number of Topliss-reactive ketones (excluding diaryl/α,β-unsaturated/α-hetero) is 1. The Balaban J connectivity index is 2.26. The van der Waals surface area contributed by atoms with Gasteiger partial charge in [0, 0.05) is 25.8 Å². The van der Waals surface area contributed by atoms with Gasteiger partial charge in [0.2, 0.25) is 0 Å². The minimum absolute atomic E-state index is 0.0143. The lowest BCUT2D eigenvalue weighted by molar-refractivity contribution is -0.116. The third kappa shape index (κ3) is 3.47. The zero-order valence-electron chi connectivity index (χ0n) is 13.9. The Hall–Kier alpha value is -2.50. The van der Waals surface area contributed by atoms with Crippen LogP contribution >= 0.6 is 0 Å². The van der Waals surface area contributed by atoms with Crippen molar-refractivity contribution in [2.45, 2.75) is 32.7 Å². The van der Waals surface area contributed by atoms with Crippen LogP contribution < -0.4 is 10.6 Å². The van der Waals surface area contributed by atoms with Gasteiger partial charge in [-0.3, -0.25) is 9.59 Å². The number of carbonyl (C=O) groups excluding carboxylic acids is 2. The number of phenolic OH excluding ortho intramolecular Hbond substituents is 1. The maximum atomic E-state index is 12.0. The third-order valence-electron chi connectivity index (χ3n) is 3.88. The number of benzene rings is 1. The summed E-state index contributed by atoms with van der Waals surface area (Å²) in [7, 11) is 3.24. The highest BCUT2D eigenvalue weighted by Gasteiger charge is 2.29. The SMILES string of the molecule is CCC(C)NC1=C(Nc2cccc(C(=O)N(C)C)c2O)C(=O)C1. The third-order valence-corrected chi connectivity index (χ3v) is 3.88. The van der Waals surface area contributed by atoms with Crippen LogP contribution in [0.15, 0.2) is 29.6 Å². The first-order valence-electron chi connectivity index (χ1n) is 7.68. The fourth-order valence-corrected chi connectivity index (χ4v) is 2.26. The van der Waals surface area contributed by atoms with Crippen molar-refractivity contribution in [2.75, 3.05) is 19.4 Å². The predicted octanol–water partition coefficient (Wildman–Crippen LogP) is 2.08. The van der Waals surface area contributed by atoms with E-state index in [1.807, 2.05) is 6.92 Å². The molecular weight excluding hydrogens is 294 g/mol. The Kier molecular flexibility index (Phi) is 4.93. The molecule has 1 amide bonds. The van der Waals surface area contributed by atoms with Crippen LogP contribution in [0.2, 0.25) is 0 Å². The van der Waals surface area contributed by atoms with E-state index < -0.39 is 0 Å². The number of rotatable bonds is 6. The maximum Gasteiger partial charge on any atom is 0.257 e. The first-order chi connectivity index (χ1) is 10.8. The molecule has 1 atom stereocenters. The molecule has 0 bridgehead atoms. The highest BCUT2D eigenvalue weighted by Crippen LogP contribution is 2.32. The number of allylic oxidation sites excluding steroid dienone is 2. The molecule has 23 heavy (non-hydrogen) atoms. The van der Waals surface area contributed by atoms with Crippen molar-refractivity contribution < 1.29 is 14.7 Å². The molecule has 0 saturated carbocycles. The Morgan fingerprint density at radius 2 is 2.09 bits per heavy atom. The van der Waals surface area contributed by atoms with E-state index in [-0.39, 0.29) is 29.0 Å². The second-order valence-corrected chi connectivity index (χ2v) is 5.93. The topological polar surface area (TPSA) is 81.7 Å². The largest absolute Gasteiger partial charge is 0.505 e. The van der Waals surface area contributed by atoms with Crippen LogP contribution in [0.25, 0.3) is 0 Å². The van der Waals surface area contributed by atoms with Gasteiger partial charge in [-0.25, -0.2) is 0 Å². The quantitative estimate of drug-likeness (QED) is 0.700. The lowest BCUT2D eigenvalue weighted by atomic mass is 9.97. The molecule has 0 radical (unpaired) electrons. The van der Waals surface area contributed by atoms with Crippen LogP contribution in [-0.2, 0) is 4.79 Å². The number of hydrogen-bond donors (Lipinski definition) is 3. The van der Waals surface area contributed by atoms with Crippen molar-refractivity contribution in [3.8, 4) is 5.75 Å². The Morgan fingerprint density at radius 3 is 2.65 bits per heavy atom. The van der Waals surface area contributed by atoms with E-state index in [2.05, 4.69) is 17.6 Å². The molecule has 1 aliphatic rings. The molecule has 1 aromatic rings. The normalized spacial score (nSPS) is 15.0. The molecule has 124 valence electrons. The number of nitrogens with zero attached hydrogens (tertiary/aromatic N) is 1. The number of ketones is 1. The van der Waals surface area contributed by atoms with Gasteiger partial charge in [0.25, 0.3) is 5.91 Å². The van der Waals surface area contributed by atoms with E-state index in [4.69, 9.17) is 0 Å². The number of hydrogen-bond acceptors (Lipinski definition) is 5. The smallest absolute Gasteiger partial charge is 0.257 e. The molecule has 3 N–H and O–H groups in total. The minimum atomic E-state index is -0.294. The Bertz CT molecular complexity index is 665. The molecule has 0 spiro atoms. The number of phenols is 1. The van der Waals surface area contributed by atoms with E-state index in [0.29, 0.717) is 17.8 Å². The van der Waals surface area contributed by atoms with Gasteiger partial charge in [-0.1, -0.05) is 13.0 Å². The first kappa shape index (κ1) is 16.9. The number of anilines is 1. The van der Waals surface area contributed by atoms with Crippen LogP contribution in [0.4, 0.5) is 5.69 Å². The average Bonchev–Trinajstić information content (AvgIpc) is 2.52. The van der Waals surface area contributed by atoms with Crippen molar-refractivity contribution in [3.05, 3.63) is 35.2 Å². The van der Waals surface area contributed by atoms with E-state index in [1.165, 1.54) is 4.90 Å². The molecule has 6 nitrogen and oxygen atoms in total. The molecule has 0 aliphatic heterocycles. The minimum Gasteiger partial charge on any atom is -0.505 e. The second kappa shape index (κ2) is 6.73. The average molecular weight is 317 g/mol. The summed E-state index contributed by atoms with van der Waals surface area (Å²) < 4.78 is 0. The predicted molar refractivity (Wildman–Crippen MR) is 89.3 cm³/mol. The van der Waals surface area contributed by atoms with Crippen molar-refractivity contribution in [2.24, 2.45) is 0 Å². The molecule has 0 fully saturated rings. The number of amides is 1. The number of carbonyl (C=O) groups is 2. The molecular formula is C17H23N3O3. The summed E-state index contributed by atoms with van der Waals surface area (Å²) in [4.78, 5) is 25.3. The van der Waals surface area contributed by atoms with E-state index >= 15 is 0 Å². The molecule has 0 aromatic heterocycles. The van der Waals surface area contributed by atoms with Gasteiger partial charge in [0.15, 0.2) is 11.5 Å². The second-order valence-electron chi connectivity index (χ2n) is 5.93. The lowest BCUT2D eigenvalue weighted by Crippen LogP contribution is -2.36. The monoisotopic (exact) mass is 317 g/mol. The van der Waals surface area contributed by atoms with E-state index in [0.717, 1.165) is 12.1 Å². The summed E-state index contributed by atoms with van der Waals surface area (Å²) in [6.45, 7) is 4.11. The number of para-hydroxylation sites is 1. The first-order valence-corrected chi connectivity index (χ1v) is 7.68. The summed E-state index contributed by atoms with van der Waals surface area (Å²) in [6.07, 6.45) is 1.31.